The Morgan fingerprint density at radius 2 is 2.35 bits per heavy atom. The molecule has 0 amide bonds. The predicted octanol–water partition coefficient (Wildman–Crippen LogP) is 3.68. The number of benzene rings is 1. The summed E-state index contributed by atoms with van der Waals surface area (Å²) in [4.78, 5) is 7.21. The van der Waals surface area contributed by atoms with Gasteiger partial charge in [-0.25, -0.2) is 4.98 Å². The lowest BCUT2D eigenvalue weighted by Crippen LogP contribution is -2.19. The predicted molar refractivity (Wildman–Crippen MR) is 73.0 cm³/mol. The second-order valence-corrected chi connectivity index (χ2v) is 5.13. The average Bonchev–Trinajstić information content (AvgIpc) is 2.78. The molecule has 1 aromatic heterocycles. The van der Waals surface area contributed by atoms with Crippen LogP contribution in [0, 0.1) is 0 Å². The molecule has 0 radical (unpaired) electrons. The van der Waals surface area contributed by atoms with Crippen molar-refractivity contribution in [1.29, 1.82) is 0 Å². The highest BCUT2D eigenvalue weighted by Gasteiger charge is 2.09. The molecule has 2 rings (SSSR count). The van der Waals surface area contributed by atoms with E-state index in [1.807, 2.05) is 24.4 Å². The lowest BCUT2D eigenvalue weighted by molar-refractivity contribution is 0.562. The summed E-state index contributed by atoms with van der Waals surface area (Å²) in [5.74, 6) is 0.921. The molecule has 1 heterocycles. The van der Waals surface area contributed by atoms with Crippen molar-refractivity contribution in [2.75, 3.05) is 0 Å². The van der Waals surface area contributed by atoms with E-state index in [0.29, 0.717) is 6.54 Å². The van der Waals surface area contributed by atoms with E-state index in [2.05, 4.69) is 38.1 Å². The highest BCUT2D eigenvalue weighted by Crippen LogP contribution is 2.26. The summed E-state index contributed by atoms with van der Waals surface area (Å²) in [6.07, 6.45) is 3.56. The van der Waals surface area contributed by atoms with Crippen LogP contribution in [0.15, 0.2) is 35.1 Å². The highest BCUT2D eigenvalue weighted by atomic mass is 79.9. The molecule has 2 N–H and O–H groups in total. The molecule has 2 aromatic rings. The SMILES string of the molecule is CC(NCc1ncc[nH]1)c1ccc(Br)cc1Cl. The van der Waals surface area contributed by atoms with E-state index in [4.69, 9.17) is 11.6 Å². The summed E-state index contributed by atoms with van der Waals surface area (Å²) < 4.78 is 0.990. The smallest absolute Gasteiger partial charge is 0.120 e. The first-order chi connectivity index (χ1) is 8.16. The number of rotatable bonds is 4. The van der Waals surface area contributed by atoms with Crippen molar-refractivity contribution in [3.05, 3.63) is 51.5 Å². The van der Waals surface area contributed by atoms with Gasteiger partial charge in [-0.2, -0.15) is 0 Å². The van der Waals surface area contributed by atoms with Crippen molar-refractivity contribution in [3.8, 4) is 0 Å². The van der Waals surface area contributed by atoms with Crippen LogP contribution in [0.1, 0.15) is 24.4 Å². The molecule has 0 aliphatic carbocycles. The Bertz CT molecular complexity index is 485. The van der Waals surface area contributed by atoms with Crippen LogP contribution < -0.4 is 5.32 Å². The van der Waals surface area contributed by atoms with E-state index in [1.54, 1.807) is 6.20 Å². The molecule has 0 aliphatic heterocycles. The van der Waals surface area contributed by atoms with Gasteiger partial charge >= 0.3 is 0 Å². The number of imidazole rings is 1. The number of halogens is 2. The summed E-state index contributed by atoms with van der Waals surface area (Å²) >= 11 is 9.59. The maximum absolute atomic E-state index is 6.19. The minimum atomic E-state index is 0.181. The monoisotopic (exact) mass is 313 g/mol. The fourth-order valence-corrected chi connectivity index (χ4v) is 2.44. The zero-order valence-electron chi connectivity index (χ0n) is 9.37. The van der Waals surface area contributed by atoms with Crippen LogP contribution in [0.4, 0.5) is 0 Å². The second kappa shape index (κ2) is 5.67. The van der Waals surface area contributed by atoms with Crippen LogP contribution in [0.25, 0.3) is 0 Å². The van der Waals surface area contributed by atoms with Gasteiger partial charge in [-0.15, -0.1) is 0 Å². The van der Waals surface area contributed by atoms with Crippen LogP contribution in [-0.2, 0) is 6.54 Å². The maximum Gasteiger partial charge on any atom is 0.120 e. The molecule has 1 atom stereocenters. The molecule has 1 aromatic carbocycles. The number of H-pyrrole nitrogens is 1. The van der Waals surface area contributed by atoms with E-state index in [1.165, 1.54) is 0 Å². The van der Waals surface area contributed by atoms with E-state index in [9.17, 15) is 0 Å². The largest absolute Gasteiger partial charge is 0.348 e. The fraction of sp³-hybridized carbons (Fsp3) is 0.250. The molecule has 0 aliphatic rings. The molecule has 17 heavy (non-hydrogen) atoms. The minimum absolute atomic E-state index is 0.181. The molecule has 1 unspecified atom stereocenters. The van der Waals surface area contributed by atoms with Gasteiger partial charge in [0.05, 0.1) is 6.54 Å². The Hall–Kier alpha value is -0.840. The third kappa shape index (κ3) is 3.31. The van der Waals surface area contributed by atoms with E-state index in [-0.39, 0.29) is 6.04 Å². The van der Waals surface area contributed by atoms with Crippen LogP contribution in [0.5, 0.6) is 0 Å². The van der Waals surface area contributed by atoms with Gasteiger partial charge in [0.15, 0.2) is 0 Å². The first-order valence-electron chi connectivity index (χ1n) is 5.33. The van der Waals surface area contributed by atoms with Gasteiger partial charge in [0.1, 0.15) is 5.82 Å². The summed E-state index contributed by atoms with van der Waals surface area (Å²) in [7, 11) is 0. The molecule has 0 saturated heterocycles. The Labute approximate surface area is 114 Å². The molecule has 3 nitrogen and oxygen atoms in total. The third-order valence-electron chi connectivity index (χ3n) is 2.56. The van der Waals surface area contributed by atoms with Crippen molar-refractivity contribution in [2.45, 2.75) is 19.5 Å². The van der Waals surface area contributed by atoms with Crippen LogP contribution in [-0.4, -0.2) is 9.97 Å². The lowest BCUT2D eigenvalue weighted by Gasteiger charge is -2.15. The average molecular weight is 315 g/mol. The number of hydrogen-bond acceptors (Lipinski definition) is 2. The van der Waals surface area contributed by atoms with Gasteiger partial charge in [0.25, 0.3) is 0 Å². The third-order valence-corrected chi connectivity index (χ3v) is 3.38. The number of nitrogens with one attached hydrogen (secondary N) is 2. The van der Waals surface area contributed by atoms with Crippen molar-refractivity contribution in [3.63, 3.8) is 0 Å². The van der Waals surface area contributed by atoms with E-state index < -0.39 is 0 Å². The standard InChI is InChI=1S/C12H13BrClN3/c1-8(17-7-12-15-4-5-16-12)10-3-2-9(13)6-11(10)14/h2-6,8,17H,7H2,1H3,(H,15,16). The fourth-order valence-electron chi connectivity index (χ4n) is 1.61. The first-order valence-corrected chi connectivity index (χ1v) is 6.50. The van der Waals surface area contributed by atoms with Crippen LogP contribution in [0.3, 0.4) is 0 Å². The number of nitrogens with zero attached hydrogens (tertiary/aromatic N) is 1. The van der Waals surface area contributed by atoms with Gasteiger partial charge in [-0.1, -0.05) is 33.6 Å². The van der Waals surface area contributed by atoms with Crippen LogP contribution >= 0.6 is 27.5 Å². The summed E-state index contributed by atoms with van der Waals surface area (Å²) in [6.45, 7) is 2.78. The normalized spacial score (nSPS) is 12.6. The highest BCUT2D eigenvalue weighted by molar-refractivity contribution is 9.10. The summed E-state index contributed by atoms with van der Waals surface area (Å²) in [5, 5.41) is 4.13. The van der Waals surface area contributed by atoms with Crippen molar-refractivity contribution in [2.24, 2.45) is 0 Å². The second-order valence-electron chi connectivity index (χ2n) is 3.80. The van der Waals surface area contributed by atoms with Crippen LogP contribution in [0.2, 0.25) is 5.02 Å². The quantitative estimate of drug-likeness (QED) is 0.904. The molecule has 5 heteroatoms. The van der Waals surface area contributed by atoms with Crippen molar-refractivity contribution in [1.82, 2.24) is 15.3 Å². The molecule has 0 saturated carbocycles. The molecular formula is C12H13BrClN3. The minimum Gasteiger partial charge on any atom is -0.348 e. The van der Waals surface area contributed by atoms with Gasteiger partial charge in [-0.3, -0.25) is 0 Å². The Morgan fingerprint density at radius 1 is 1.53 bits per heavy atom. The zero-order valence-corrected chi connectivity index (χ0v) is 11.7. The van der Waals surface area contributed by atoms with Gasteiger partial charge in [-0.05, 0) is 24.6 Å². The number of hydrogen-bond donors (Lipinski definition) is 2. The molecule has 90 valence electrons. The Kier molecular flexibility index (Phi) is 4.20. The van der Waals surface area contributed by atoms with Gasteiger partial charge in [0, 0.05) is 27.9 Å². The topological polar surface area (TPSA) is 40.7 Å². The molecule has 0 bridgehead atoms. The number of aromatic amines is 1. The van der Waals surface area contributed by atoms with E-state index >= 15 is 0 Å². The molecule has 0 fully saturated rings. The first kappa shape index (κ1) is 12.6. The summed E-state index contributed by atoms with van der Waals surface area (Å²) in [5.41, 5.74) is 1.08. The van der Waals surface area contributed by atoms with Gasteiger partial charge in [0.2, 0.25) is 0 Å². The Balaban J connectivity index is 2.01. The molecular weight excluding hydrogens is 302 g/mol. The zero-order chi connectivity index (χ0) is 12.3. The van der Waals surface area contributed by atoms with Gasteiger partial charge < -0.3 is 10.3 Å². The number of aromatic nitrogens is 2. The van der Waals surface area contributed by atoms with Crippen molar-refractivity contribution >= 4 is 27.5 Å². The summed E-state index contributed by atoms with van der Waals surface area (Å²) in [6, 6.07) is 6.10. The van der Waals surface area contributed by atoms with Crippen molar-refractivity contribution < 1.29 is 0 Å². The maximum atomic E-state index is 6.19. The van der Waals surface area contributed by atoms with E-state index in [0.717, 1.165) is 20.9 Å². The Morgan fingerprint density at radius 3 is 3.00 bits per heavy atom. The molecule has 0 spiro atoms. The lowest BCUT2D eigenvalue weighted by atomic mass is 10.1.